The summed E-state index contributed by atoms with van der Waals surface area (Å²) in [5, 5.41) is 15.7. The third-order valence-corrected chi connectivity index (χ3v) is 5.74. The Labute approximate surface area is 174 Å². The number of β-lactam (4-membered cyclic amide) rings is 1. The lowest BCUT2D eigenvalue weighted by Gasteiger charge is -2.48. The molecule has 3 heterocycles. The number of carboxylic acid groups (broad SMARTS) is 1. The van der Waals surface area contributed by atoms with E-state index in [1.807, 2.05) is 0 Å². The second-order valence-electron chi connectivity index (χ2n) is 5.73. The van der Waals surface area contributed by atoms with Crippen LogP contribution in [-0.4, -0.2) is 62.3 Å². The number of nitrogen functional groups attached to an aromatic ring is 1. The topological polar surface area (TPSA) is 147 Å². The zero-order valence-corrected chi connectivity index (χ0v) is 16.3. The van der Waals surface area contributed by atoms with E-state index in [2.05, 4.69) is 20.3 Å². The minimum atomic E-state index is -2.59. The average molecular weight is 463 g/mol. The molecule has 1 aromatic rings. The smallest absolute Gasteiger partial charge is 0.352 e. The molecule has 2 aliphatic heterocycles. The first-order valence-corrected chi connectivity index (χ1v) is 9.93. The first-order chi connectivity index (χ1) is 14.2. The Kier molecular flexibility index (Phi) is 6.31. The maximum absolute atomic E-state index is 12.9. The van der Waals surface area contributed by atoms with E-state index in [-0.39, 0.29) is 16.5 Å². The van der Waals surface area contributed by atoms with Crippen LogP contribution >= 0.6 is 23.1 Å². The lowest BCUT2D eigenvalue weighted by Crippen LogP contribution is -2.70. The molecule has 15 heteroatoms. The molecule has 0 saturated carbocycles. The van der Waals surface area contributed by atoms with Crippen molar-refractivity contribution in [1.82, 2.24) is 15.2 Å². The van der Waals surface area contributed by atoms with E-state index in [0.29, 0.717) is 5.75 Å². The van der Waals surface area contributed by atoms with Crippen molar-refractivity contribution in [2.24, 2.45) is 5.16 Å². The van der Waals surface area contributed by atoms with Crippen LogP contribution in [0.1, 0.15) is 5.69 Å². The molecule has 30 heavy (non-hydrogen) atoms. The van der Waals surface area contributed by atoms with Crippen molar-refractivity contribution in [1.29, 1.82) is 0 Å². The number of hydrogen-bond acceptors (Lipinski definition) is 9. The van der Waals surface area contributed by atoms with Crippen LogP contribution in [0.4, 0.5) is 18.3 Å². The largest absolute Gasteiger partial charge is 0.477 e. The monoisotopic (exact) mass is 463 g/mol. The van der Waals surface area contributed by atoms with Crippen LogP contribution < -0.4 is 11.1 Å². The standard InChI is InChI=1S/C15H12F3N5O5S2/c16-5(10(17)18)3-28-22-8(6-4-30-15(19)20-6)11(24)21-9-12(25)23-7(14(26)27)1-2-29-13(9)23/h1,4,9,13H,2-3H2,(H2,19,20)(H,21,24)(H,26,27)/t9?,13-/m1/s1. The molecule has 10 nitrogen and oxygen atoms in total. The fraction of sp³-hybridized carbons (Fsp3) is 0.267. The van der Waals surface area contributed by atoms with Gasteiger partial charge in [-0.1, -0.05) is 5.16 Å². The summed E-state index contributed by atoms with van der Waals surface area (Å²) in [6.07, 6.45) is -1.21. The van der Waals surface area contributed by atoms with Crippen LogP contribution in [0.15, 0.2) is 34.2 Å². The van der Waals surface area contributed by atoms with Gasteiger partial charge in [-0.15, -0.1) is 23.1 Å². The summed E-state index contributed by atoms with van der Waals surface area (Å²) >= 11 is 2.18. The number of carboxylic acids is 1. The van der Waals surface area contributed by atoms with Crippen LogP contribution in [0, 0.1) is 0 Å². The highest BCUT2D eigenvalue weighted by Crippen LogP contribution is 2.37. The molecule has 0 bridgehead atoms. The molecule has 0 aliphatic carbocycles. The number of amides is 2. The van der Waals surface area contributed by atoms with Gasteiger partial charge in [-0.3, -0.25) is 14.5 Å². The van der Waals surface area contributed by atoms with Crippen LogP contribution in [0.2, 0.25) is 0 Å². The number of halogens is 3. The number of carbonyl (C=O) groups is 3. The minimum Gasteiger partial charge on any atom is -0.477 e. The van der Waals surface area contributed by atoms with Gasteiger partial charge in [-0.05, 0) is 6.08 Å². The Hall–Kier alpha value is -3.07. The summed E-state index contributed by atoms with van der Waals surface area (Å²) in [4.78, 5) is 45.6. The lowest BCUT2D eigenvalue weighted by molar-refractivity contribution is -0.150. The molecule has 160 valence electrons. The van der Waals surface area contributed by atoms with E-state index in [0.717, 1.165) is 16.2 Å². The zero-order valence-electron chi connectivity index (χ0n) is 14.7. The lowest BCUT2D eigenvalue weighted by atomic mass is 10.0. The molecule has 1 fully saturated rings. The van der Waals surface area contributed by atoms with Crippen LogP contribution in [0.25, 0.3) is 0 Å². The number of fused-ring (bicyclic) bond motifs is 1. The van der Waals surface area contributed by atoms with Crippen LogP contribution in [0.5, 0.6) is 0 Å². The molecule has 1 saturated heterocycles. The summed E-state index contributed by atoms with van der Waals surface area (Å²) in [6, 6.07) is -1.06. The quantitative estimate of drug-likeness (QED) is 0.307. The number of aliphatic carboxylic acids is 1. The Morgan fingerprint density at radius 1 is 1.43 bits per heavy atom. The van der Waals surface area contributed by atoms with E-state index < -0.39 is 53.4 Å². The molecule has 2 aliphatic rings. The number of nitrogens with zero attached hydrogens (tertiary/aromatic N) is 3. The molecule has 2 atom stereocenters. The van der Waals surface area contributed by atoms with Gasteiger partial charge in [0, 0.05) is 11.1 Å². The number of thioether (sulfide) groups is 1. The normalized spacial score (nSPS) is 20.6. The van der Waals surface area contributed by atoms with E-state index in [1.165, 1.54) is 23.2 Å². The predicted molar refractivity (Wildman–Crippen MR) is 100 cm³/mol. The van der Waals surface area contributed by atoms with Gasteiger partial charge in [0.25, 0.3) is 11.8 Å². The van der Waals surface area contributed by atoms with Gasteiger partial charge < -0.3 is 21.0 Å². The molecule has 0 radical (unpaired) electrons. The highest BCUT2D eigenvalue weighted by molar-refractivity contribution is 8.00. The summed E-state index contributed by atoms with van der Waals surface area (Å²) in [5.41, 5.74) is 4.73. The number of oxime groups is 1. The van der Waals surface area contributed by atoms with Crippen molar-refractivity contribution in [3.05, 3.63) is 34.8 Å². The maximum Gasteiger partial charge on any atom is 0.352 e. The maximum atomic E-state index is 12.9. The van der Waals surface area contributed by atoms with Crippen molar-refractivity contribution < 1.29 is 37.5 Å². The Morgan fingerprint density at radius 3 is 2.77 bits per heavy atom. The molecular weight excluding hydrogens is 451 g/mol. The van der Waals surface area contributed by atoms with Crippen molar-refractivity contribution in [2.45, 2.75) is 11.4 Å². The third-order valence-electron chi connectivity index (χ3n) is 3.88. The number of nitrogens with two attached hydrogens (primary N) is 1. The number of anilines is 1. The van der Waals surface area contributed by atoms with E-state index in [1.54, 1.807) is 0 Å². The third kappa shape index (κ3) is 4.25. The van der Waals surface area contributed by atoms with Gasteiger partial charge >= 0.3 is 12.0 Å². The summed E-state index contributed by atoms with van der Waals surface area (Å²) < 4.78 is 37.2. The van der Waals surface area contributed by atoms with Gasteiger partial charge in [0.05, 0.1) is 0 Å². The van der Waals surface area contributed by atoms with Gasteiger partial charge in [0.2, 0.25) is 5.83 Å². The molecule has 1 unspecified atom stereocenters. The number of thiazole rings is 1. The van der Waals surface area contributed by atoms with Crippen molar-refractivity contribution in [2.75, 3.05) is 18.1 Å². The molecule has 4 N–H and O–H groups in total. The molecule has 0 spiro atoms. The molecule has 2 amide bonds. The van der Waals surface area contributed by atoms with Gasteiger partial charge in [-0.25, -0.2) is 14.2 Å². The van der Waals surface area contributed by atoms with Crippen molar-refractivity contribution in [3.63, 3.8) is 0 Å². The number of carbonyl (C=O) groups excluding carboxylic acids is 2. The number of nitrogens with one attached hydrogen (secondary N) is 1. The SMILES string of the molecule is Nc1nc(C(=NOCC(F)=C(F)F)C(=O)NC2C(=O)N3C(C(=O)O)=CCS[C@H]23)cs1. The molecule has 3 rings (SSSR count). The zero-order chi connectivity index (χ0) is 22.0. The number of hydrogen-bond donors (Lipinski definition) is 3. The van der Waals surface area contributed by atoms with Gasteiger partial charge in [0.1, 0.15) is 22.8 Å². The second kappa shape index (κ2) is 8.74. The van der Waals surface area contributed by atoms with Crippen LogP contribution in [-0.2, 0) is 19.2 Å². The van der Waals surface area contributed by atoms with Gasteiger partial charge in [0.15, 0.2) is 17.5 Å². The average Bonchev–Trinajstić information content (AvgIpc) is 3.13. The highest BCUT2D eigenvalue weighted by Gasteiger charge is 2.53. The van der Waals surface area contributed by atoms with E-state index in [4.69, 9.17) is 10.8 Å². The minimum absolute atomic E-state index is 0.0661. The number of aromatic nitrogens is 1. The van der Waals surface area contributed by atoms with E-state index in [9.17, 15) is 27.6 Å². The fourth-order valence-electron chi connectivity index (χ4n) is 2.56. The van der Waals surface area contributed by atoms with Crippen LogP contribution in [0.3, 0.4) is 0 Å². The first kappa shape index (κ1) is 21.6. The van der Waals surface area contributed by atoms with E-state index >= 15 is 0 Å². The first-order valence-electron chi connectivity index (χ1n) is 8.00. The fourth-order valence-corrected chi connectivity index (χ4v) is 4.30. The Balaban J connectivity index is 1.76. The predicted octanol–water partition coefficient (Wildman–Crippen LogP) is 0.892. The number of rotatable bonds is 7. The van der Waals surface area contributed by atoms with Crippen molar-refractivity contribution in [3.8, 4) is 0 Å². The Bertz CT molecular complexity index is 991. The summed E-state index contributed by atoms with van der Waals surface area (Å²) in [7, 11) is 0. The summed E-state index contributed by atoms with van der Waals surface area (Å²) in [5.74, 6) is -4.44. The molecule has 0 aromatic carbocycles. The second-order valence-corrected chi connectivity index (χ2v) is 7.77. The van der Waals surface area contributed by atoms with Gasteiger partial charge in [-0.2, -0.15) is 8.78 Å². The highest BCUT2D eigenvalue weighted by atomic mass is 32.2. The summed E-state index contributed by atoms with van der Waals surface area (Å²) in [6.45, 7) is -1.22. The molecule has 1 aromatic heterocycles. The Morgan fingerprint density at radius 2 is 2.17 bits per heavy atom. The molecular formula is C15H12F3N5O5S2. The van der Waals surface area contributed by atoms with Crippen molar-refractivity contribution >= 4 is 51.7 Å².